The number of hydrogen-bond acceptors (Lipinski definition) is 3. The highest BCUT2D eigenvalue weighted by atomic mass is 16.7. The lowest BCUT2D eigenvalue weighted by molar-refractivity contribution is -0.144. The van der Waals surface area contributed by atoms with Gasteiger partial charge in [0.15, 0.2) is 0 Å². The zero-order valence-corrected chi connectivity index (χ0v) is 13.8. The molecule has 0 aromatic carbocycles. The number of carbonyl (C=O) groups is 1. The minimum atomic E-state index is -0.250. The molecule has 0 radical (unpaired) electrons. The summed E-state index contributed by atoms with van der Waals surface area (Å²) >= 11 is 0. The van der Waals surface area contributed by atoms with E-state index in [4.69, 9.17) is 4.84 Å². The van der Waals surface area contributed by atoms with Crippen LogP contribution in [0.25, 0.3) is 0 Å². The Kier molecular flexibility index (Phi) is 10.8. The number of rotatable bonds is 9. The van der Waals surface area contributed by atoms with E-state index in [1.54, 1.807) is 9.80 Å². The van der Waals surface area contributed by atoms with Crippen molar-refractivity contribution < 1.29 is 9.63 Å². The van der Waals surface area contributed by atoms with E-state index >= 15 is 0 Å². The minimum Gasteiger partial charge on any atom is -0.346 e. The van der Waals surface area contributed by atoms with Crippen LogP contribution in [0.5, 0.6) is 0 Å². The molecule has 0 rings (SSSR count). The van der Waals surface area contributed by atoms with E-state index in [-0.39, 0.29) is 5.97 Å². The standard InChI is InChI=1S/C15H31N3O2/c1-6-7-8-9-10-11-12-13-14(19)20-16-15(17(2)3)18(4)5/h6-13H2,1-5H3. The fraction of sp³-hybridized carbons (Fsp3) is 0.867. The molecule has 0 spiro atoms. The SMILES string of the molecule is CCCCCCCCCC(=O)ON=C(N(C)C)N(C)C. The van der Waals surface area contributed by atoms with Crippen molar-refractivity contribution in [2.45, 2.75) is 58.3 Å². The fourth-order valence-corrected chi connectivity index (χ4v) is 1.93. The molecule has 0 saturated carbocycles. The second kappa shape index (κ2) is 11.6. The molecule has 0 aliphatic rings. The van der Waals surface area contributed by atoms with Gasteiger partial charge in [-0.15, -0.1) is 0 Å². The Hall–Kier alpha value is -1.26. The normalized spacial score (nSPS) is 10.1. The Labute approximate surface area is 123 Å². The number of oxime groups is 1. The Morgan fingerprint density at radius 3 is 1.90 bits per heavy atom. The van der Waals surface area contributed by atoms with Crippen LogP contribution in [-0.4, -0.2) is 49.9 Å². The topological polar surface area (TPSA) is 45.1 Å². The molecule has 5 nitrogen and oxygen atoms in total. The Balaban J connectivity index is 3.75. The number of unbranched alkanes of at least 4 members (excludes halogenated alkanes) is 6. The maximum absolute atomic E-state index is 11.6. The van der Waals surface area contributed by atoms with E-state index < -0.39 is 0 Å². The van der Waals surface area contributed by atoms with Gasteiger partial charge in [0.05, 0.1) is 0 Å². The largest absolute Gasteiger partial charge is 0.346 e. The molecule has 0 saturated heterocycles. The molecule has 0 bridgehead atoms. The molecular formula is C15H31N3O2. The molecule has 0 N–H and O–H groups in total. The van der Waals surface area contributed by atoms with Crippen molar-refractivity contribution in [1.82, 2.24) is 9.80 Å². The maximum atomic E-state index is 11.6. The zero-order chi connectivity index (χ0) is 15.4. The Morgan fingerprint density at radius 2 is 1.40 bits per heavy atom. The highest BCUT2D eigenvalue weighted by Gasteiger charge is 2.08. The van der Waals surface area contributed by atoms with Crippen molar-refractivity contribution in [3.63, 3.8) is 0 Å². The van der Waals surface area contributed by atoms with Crippen LogP contribution in [0.2, 0.25) is 0 Å². The summed E-state index contributed by atoms with van der Waals surface area (Å²) in [5, 5.41) is 3.88. The molecule has 0 amide bonds. The number of hydrogen-bond donors (Lipinski definition) is 0. The molecule has 0 unspecified atom stereocenters. The fourth-order valence-electron chi connectivity index (χ4n) is 1.93. The molecule has 5 heteroatoms. The van der Waals surface area contributed by atoms with E-state index in [0.29, 0.717) is 12.4 Å². The van der Waals surface area contributed by atoms with Gasteiger partial charge >= 0.3 is 5.97 Å². The lowest BCUT2D eigenvalue weighted by Crippen LogP contribution is -2.35. The third-order valence-electron chi connectivity index (χ3n) is 3.01. The molecule has 0 aromatic heterocycles. The lowest BCUT2D eigenvalue weighted by atomic mass is 10.1. The van der Waals surface area contributed by atoms with Gasteiger partial charge in [-0.05, 0) is 11.6 Å². The van der Waals surface area contributed by atoms with Crippen LogP contribution < -0.4 is 0 Å². The number of guanidine groups is 1. The first-order chi connectivity index (χ1) is 9.49. The summed E-state index contributed by atoms with van der Waals surface area (Å²) in [6.07, 6.45) is 8.80. The van der Waals surface area contributed by atoms with Gasteiger partial charge in [-0.2, -0.15) is 0 Å². The molecular weight excluding hydrogens is 254 g/mol. The summed E-state index contributed by atoms with van der Waals surface area (Å²) in [6, 6.07) is 0. The second-order valence-electron chi connectivity index (χ2n) is 5.51. The average Bonchev–Trinajstić information content (AvgIpc) is 2.37. The monoisotopic (exact) mass is 285 g/mol. The van der Waals surface area contributed by atoms with Crippen LogP contribution in [0.3, 0.4) is 0 Å². The highest BCUT2D eigenvalue weighted by Crippen LogP contribution is 2.08. The summed E-state index contributed by atoms with van der Waals surface area (Å²) in [7, 11) is 7.46. The Bertz CT molecular complexity index is 279. The van der Waals surface area contributed by atoms with Gasteiger partial charge in [-0.25, -0.2) is 4.79 Å². The van der Waals surface area contributed by atoms with Gasteiger partial charge < -0.3 is 14.6 Å². The van der Waals surface area contributed by atoms with Gasteiger partial charge in [0, 0.05) is 34.6 Å². The van der Waals surface area contributed by atoms with Crippen LogP contribution in [0.4, 0.5) is 0 Å². The van der Waals surface area contributed by atoms with Crippen molar-refractivity contribution in [3.8, 4) is 0 Å². The lowest BCUT2D eigenvalue weighted by Gasteiger charge is -2.21. The van der Waals surface area contributed by atoms with Crippen LogP contribution in [0.1, 0.15) is 58.3 Å². The van der Waals surface area contributed by atoms with Gasteiger partial charge in [0.2, 0.25) is 5.96 Å². The third kappa shape index (κ3) is 9.64. The first-order valence-electron chi connectivity index (χ1n) is 7.61. The molecule has 0 heterocycles. The van der Waals surface area contributed by atoms with Gasteiger partial charge in [-0.1, -0.05) is 45.4 Å². The van der Waals surface area contributed by atoms with E-state index in [1.165, 1.54) is 32.1 Å². The van der Waals surface area contributed by atoms with E-state index in [1.807, 2.05) is 28.2 Å². The smallest absolute Gasteiger partial charge is 0.335 e. The summed E-state index contributed by atoms with van der Waals surface area (Å²) in [5.41, 5.74) is 0. The summed E-state index contributed by atoms with van der Waals surface area (Å²) < 4.78 is 0. The molecule has 0 aromatic rings. The molecule has 0 aliphatic heterocycles. The third-order valence-corrected chi connectivity index (χ3v) is 3.01. The molecule has 118 valence electrons. The van der Waals surface area contributed by atoms with Crippen LogP contribution in [-0.2, 0) is 9.63 Å². The minimum absolute atomic E-state index is 0.250. The van der Waals surface area contributed by atoms with Crippen molar-refractivity contribution in [2.75, 3.05) is 28.2 Å². The summed E-state index contributed by atoms with van der Waals surface area (Å²) in [6.45, 7) is 2.21. The molecule has 0 aliphatic carbocycles. The van der Waals surface area contributed by atoms with E-state index in [9.17, 15) is 4.79 Å². The second-order valence-corrected chi connectivity index (χ2v) is 5.51. The van der Waals surface area contributed by atoms with Crippen molar-refractivity contribution in [3.05, 3.63) is 0 Å². The van der Waals surface area contributed by atoms with Crippen molar-refractivity contribution in [2.24, 2.45) is 5.16 Å². The molecule has 0 fully saturated rings. The van der Waals surface area contributed by atoms with E-state index in [2.05, 4.69) is 12.1 Å². The van der Waals surface area contributed by atoms with Crippen LogP contribution >= 0.6 is 0 Å². The predicted octanol–water partition coefficient (Wildman–Crippen LogP) is 3.06. The first kappa shape index (κ1) is 18.7. The average molecular weight is 285 g/mol. The molecule has 20 heavy (non-hydrogen) atoms. The highest BCUT2D eigenvalue weighted by molar-refractivity contribution is 5.79. The van der Waals surface area contributed by atoms with Crippen LogP contribution in [0, 0.1) is 0 Å². The Morgan fingerprint density at radius 1 is 0.900 bits per heavy atom. The number of nitrogens with zero attached hydrogens (tertiary/aromatic N) is 3. The summed E-state index contributed by atoms with van der Waals surface area (Å²) in [5.74, 6) is 0.373. The van der Waals surface area contributed by atoms with Crippen LogP contribution in [0.15, 0.2) is 5.16 Å². The van der Waals surface area contributed by atoms with Gasteiger partial charge in [0.1, 0.15) is 0 Å². The zero-order valence-electron chi connectivity index (χ0n) is 13.8. The molecule has 0 atom stereocenters. The quantitative estimate of drug-likeness (QED) is 0.215. The summed E-state index contributed by atoms with van der Waals surface area (Å²) in [4.78, 5) is 20.1. The first-order valence-corrected chi connectivity index (χ1v) is 7.61. The van der Waals surface area contributed by atoms with Gasteiger partial charge in [-0.3, -0.25) is 0 Å². The number of carbonyl (C=O) groups excluding carboxylic acids is 1. The predicted molar refractivity (Wildman–Crippen MR) is 83.5 cm³/mol. The van der Waals surface area contributed by atoms with Gasteiger partial charge in [0.25, 0.3) is 0 Å². The van der Waals surface area contributed by atoms with Crippen molar-refractivity contribution >= 4 is 11.9 Å². The van der Waals surface area contributed by atoms with Crippen molar-refractivity contribution in [1.29, 1.82) is 0 Å². The maximum Gasteiger partial charge on any atom is 0.335 e. The van der Waals surface area contributed by atoms with E-state index in [0.717, 1.165) is 12.8 Å².